The molecular formula is C24H24N2O4. The number of carboxylic acids is 1. The van der Waals surface area contributed by atoms with E-state index in [1.807, 2.05) is 41.3 Å². The second kappa shape index (κ2) is 9.69. The molecule has 0 spiro atoms. The van der Waals surface area contributed by atoms with E-state index in [1.54, 1.807) is 25.1 Å². The van der Waals surface area contributed by atoms with Gasteiger partial charge in [0.1, 0.15) is 0 Å². The topological polar surface area (TPSA) is 77.9 Å². The molecular weight excluding hydrogens is 380 g/mol. The normalized spacial score (nSPS) is 14.4. The summed E-state index contributed by atoms with van der Waals surface area (Å²) in [6.07, 6.45) is 5.87. The van der Waals surface area contributed by atoms with Crippen LogP contribution in [0.5, 0.6) is 0 Å². The fraction of sp³-hybridized carbons (Fsp3) is 0.208. The van der Waals surface area contributed by atoms with Gasteiger partial charge >= 0.3 is 5.97 Å². The van der Waals surface area contributed by atoms with E-state index in [0.717, 1.165) is 36.0 Å². The third-order valence-corrected chi connectivity index (χ3v) is 5.02. The van der Waals surface area contributed by atoms with Crippen molar-refractivity contribution in [2.24, 2.45) is 0 Å². The van der Waals surface area contributed by atoms with Gasteiger partial charge in [-0.2, -0.15) is 0 Å². The first kappa shape index (κ1) is 21.0. The summed E-state index contributed by atoms with van der Waals surface area (Å²) in [5.41, 5.74) is 3.29. The van der Waals surface area contributed by atoms with Gasteiger partial charge in [-0.05, 0) is 47.5 Å². The van der Waals surface area contributed by atoms with Gasteiger partial charge in [0.25, 0.3) is 0 Å². The summed E-state index contributed by atoms with van der Waals surface area (Å²) in [5.74, 6) is -0.972. The van der Waals surface area contributed by atoms with Gasteiger partial charge in [-0.15, -0.1) is 0 Å². The van der Waals surface area contributed by atoms with Crippen LogP contribution in [-0.4, -0.2) is 53.8 Å². The molecule has 30 heavy (non-hydrogen) atoms. The number of rotatable bonds is 6. The van der Waals surface area contributed by atoms with Crippen LogP contribution in [0.4, 0.5) is 5.69 Å². The van der Waals surface area contributed by atoms with E-state index in [9.17, 15) is 14.4 Å². The van der Waals surface area contributed by atoms with Crippen molar-refractivity contribution in [3.63, 3.8) is 0 Å². The predicted molar refractivity (Wildman–Crippen MR) is 117 cm³/mol. The van der Waals surface area contributed by atoms with Crippen LogP contribution in [0.3, 0.4) is 0 Å². The fourth-order valence-electron chi connectivity index (χ4n) is 3.27. The summed E-state index contributed by atoms with van der Waals surface area (Å²) >= 11 is 0. The summed E-state index contributed by atoms with van der Waals surface area (Å²) in [5, 5.41) is 8.65. The summed E-state index contributed by atoms with van der Waals surface area (Å²) in [6.45, 7) is 4.58. The number of amides is 1. The molecule has 1 heterocycles. The predicted octanol–water partition coefficient (Wildman–Crippen LogP) is 3.35. The van der Waals surface area contributed by atoms with E-state index in [4.69, 9.17) is 5.11 Å². The molecule has 1 saturated heterocycles. The maximum absolute atomic E-state index is 12.4. The first-order chi connectivity index (χ1) is 14.4. The average Bonchev–Trinajstić information content (AvgIpc) is 2.77. The minimum atomic E-state index is -0.992. The summed E-state index contributed by atoms with van der Waals surface area (Å²) in [4.78, 5) is 38.5. The first-order valence-corrected chi connectivity index (χ1v) is 9.76. The number of carbonyl (C=O) groups excluding carboxylic acids is 2. The number of aliphatic carboxylic acids is 1. The van der Waals surface area contributed by atoms with Crippen LogP contribution >= 0.6 is 0 Å². The largest absolute Gasteiger partial charge is 0.478 e. The Labute approximate surface area is 175 Å². The molecule has 6 heteroatoms. The number of carboxylic acid groups (broad SMARTS) is 1. The van der Waals surface area contributed by atoms with E-state index >= 15 is 0 Å². The summed E-state index contributed by atoms with van der Waals surface area (Å²) < 4.78 is 0. The summed E-state index contributed by atoms with van der Waals surface area (Å²) in [7, 11) is 0. The number of ketones is 1. The lowest BCUT2D eigenvalue weighted by atomic mass is 10.1. The minimum Gasteiger partial charge on any atom is -0.478 e. The molecule has 2 aromatic carbocycles. The van der Waals surface area contributed by atoms with Crippen molar-refractivity contribution >= 4 is 35.5 Å². The zero-order chi connectivity index (χ0) is 21.5. The maximum atomic E-state index is 12.4. The molecule has 1 N–H and O–H groups in total. The monoisotopic (exact) mass is 404 g/mol. The number of hydrogen-bond acceptors (Lipinski definition) is 4. The van der Waals surface area contributed by atoms with Gasteiger partial charge in [-0.1, -0.05) is 30.3 Å². The first-order valence-electron chi connectivity index (χ1n) is 9.76. The van der Waals surface area contributed by atoms with Gasteiger partial charge < -0.3 is 14.9 Å². The number of carbonyl (C=O) groups is 3. The van der Waals surface area contributed by atoms with Crippen molar-refractivity contribution in [3.8, 4) is 0 Å². The van der Waals surface area contributed by atoms with Crippen LogP contribution in [0, 0.1) is 0 Å². The number of piperazine rings is 1. The van der Waals surface area contributed by atoms with Gasteiger partial charge in [0.15, 0.2) is 5.78 Å². The molecule has 0 aromatic heterocycles. The zero-order valence-corrected chi connectivity index (χ0v) is 16.8. The lowest BCUT2D eigenvalue weighted by molar-refractivity contribution is -0.131. The molecule has 0 radical (unpaired) electrons. The Morgan fingerprint density at radius 2 is 1.33 bits per heavy atom. The molecule has 0 atom stereocenters. The van der Waals surface area contributed by atoms with Crippen molar-refractivity contribution < 1.29 is 19.5 Å². The third kappa shape index (κ3) is 5.67. The van der Waals surface area contributed by atoms with E-state index in [2.05, 4.69) is 4.90 Å². The lowest BCUT2D eigenvalue weighted by Gasteiger charge is -2.35. The molecule has 6 nitrogen and oxygen atoms in total. The zero-order valence-electron chi connectivity index (χ0n) is 16.8. The standard InChI is InChI=1S/C24H24N2O4/c1-18(27)25-14-16-26(17-15-25)22-10-8-21(9-11-22)23(28)12-6-19-2-4-20(5-3-19)7-13-24(29)30/h2-13H,14-17H2,1H3,(H,29,30)/b12-6+,13-7+. The fourth-order valence-corrected chi connectivity index (χ4v) is 3.27. The number of hydrogen-bond donors (Lipinski definition) is 1. The van der Waals surface area contributed by atoms with Crippen LogP contribution < -0.4 is 4.90 Å². The van der Waals surface area contributed by atoms with E-state index < -0.39 is 5.97 Å². The van der Waals surface area contributed by atoms with E-state index in [1.165, 1.54) is 12.2 Å². The second-order valence-corrected chi connectivity index (χ2v) is 7.08. The second-order valence-electron chi connectivity index (χ2n) is 7.08. The van der Waals surface area contributed by atoms with Gasteiger partial charge in [-0.25, -0.2) is 4.79 Å². The highest BCUT2D eigenvalue weighted by atomic mass is 16.4. The van der Waals surface area contributed by atoms with Crippen LogP contribution in [0.1, 0.15) is 28.4 Å². The molecule has 2 aromatic rings. The molecule has 1 aliphatic heterocycles. The Bertz CT molecular complexity index is 967. The van der Waals surface area contributed by atoms with Gasteiger partial charge in [-0.3, -0.25) is 9.59 Å². The Balaban J connectivity index is 1.58. The molecule has 0 bridgehead atoms. The number of benzene rings is 2. The molecule has 0 unspecified atom stereocenters. The minimum absolute atomic E-state index is 0.0854. The Morgan fingerprint density at radius 1 is 0.800 bits per heavy atom. The van der Waals surface area contributed by atoms with E-state index in [0.29, 0.717) is 18.7 Å². The average molecular weight is 404 g/mol. The van der Waals surface area contributed by atoms with Crippen molar-refractivity contribution in [1.29, 1.82) is 0 Å². The highest BCUT2D eigenvalue weighted by Gasteiger charge is 2.18. The van der Waals surface area contributed by atoms with Crippen LogP contribution in [0.2, 0.25) is 0 Å². The van der Waals surface area contributed by atoms with E-state index in [-0.39, 0.29) is 11.7 Å². The molecule has 1 amide bonds. The van der Waals surface area contributed by atoms with Crippen LogP contribution in [0.25, 0.3) is 12.2 Å². The van der Waals surface area contributed by atoms with Crippen LogP contribution in [-0.2, 0) is 9.59 Å². The SMILES string of the molecule is CC(=O)N1CCN(c2ccc(C(=O)/C=C/c3ccc(/C=C/C(=O)O)cc3)cc2)CC1. The molecule has 1 aliphatic rings. The van der Waals surface area contributed by atoms with Gasteiger partial charge in [0.2, 0.25) is 5.91 Å². The summed E-state index contributed by atoms with van der Waals surface area (Å²) in [6, 6.07) is 14.8. The highest BCUT2D eigenvalue weighted by molar-refractivity contribution is 6.07. The lowest BCUT2D eigenvalue weighted by Crippen LogP contribution is -2.48. The number of allylic oxidation sites excluding steroid dienone is 1. The number of anilines is 1. The molecule has 154 valence electrons. The quantitative estimate of drug-likeness (QED) is 0.590. The Morgan fingerprint density at radius 3 is 1.83 bits per heavy atom. The Hall–Kier alpha value is -3.67. The van der Waals surface area contributed by atoms with Gasteiger partial charge in [0, 0.05) is 50.4 Å². The highest BCUT2D eigenvalue weighted by Crippen LogP contribution is 2.18. The third-order valence-electron chi connectivity index (χ3n) is 5.02. The van der Waals surface area contributed by atoms with Crippen molar-refractivity contribution in [2.45, 2.75) is 6.92 Å². The number of nitrogens with zero attached hydrogens (tertiary/aromatic N) is 2. The van der Waals surface area contributed by atoms with Crippen LogP contribution in [0.15, 0.2) is 60.7 Å². The van der Waals surface area contributed by atoms with Crippen molar-refractivity contribution in [2.75, 3.05) is 31.1 Å². The van der Waals surface area contributed by atoms with Crippen molar-refractivity contribution in [1.82, 2.24) is 4.90 Å². The molecule has 1 fully saturated rings. The molecule has 3 rings (SSSR count). The van der Waals surface area contributed by atoms with Gasteiger partial charge in [0.05, 0.1) is 0 Å². The molecule has 0 aliphatic carbocycles. The molecule has 0 saturated carbocycles. The smallest absolute Gasteiger partial charge is 0.328 e. The maximum Gasteiger partial charge on any atom is 0.328 e. The van der Waals surface area contributed by atoms with Crippen molar-refractivity contribution in [3.05, 3.63) is 77.4 Å². The Kier molecular flexibility index (Phi) is 6.80.